The zero-order valence-electron chi connectivity index (χ0n) is 14.3. The van der Waals surface area contributed by atoms with Crippen LogP contribution >= 0.6 is 0 Å². The minimum atomic E-state index is 0.165. The van der Waals surface area contributed by atoms with Crippen molar-refractivity contribution in [2.45, 2.75) is 25.4 Å². The van der Waals surface area contributed by atoms with Crippen LogP contribution in [0.5, 0.6) is 5.75 Å². The maximum atomic E-state index is 12.8. The summed E-state index contributed by atoms with van der Waals surface area (Å²) in [6.07, 6.45) is 9.70. The summed E-state index contributed by atoms with van der Waals surface area (Å²) < 4.78 is 9.38. The number of fused-ring (bicyclic) bond motifs is 1. The Morgan fingerprint density at radius 3 is 3.04 bits per heavy atom. The second kappa shape index (κ2) is 6.63. The summed E-state index contributed by atoms with van der Waals surface area (Å²) >= 11 is 0. The Hall–Kier alpha value is -2.76. The lowest BCUT2D eigenvalue weighted by Gasteiger charge is -2.33. The van der Waals surface area contributed by atoms with Crippen LogP contribution in [0, 0.1) is 0 Å². The third-order valence-electron chi connectivity index (χ3n) is 4.98. The highest BCUT2D eigenvalue weighted by Crippen LogP contribution is 2.24. The molecule has 0 bridgehead atoms. The highest BCUT2D eigenvalue weighted by atomic mass is 16.5. The first-order chi connectivity index (χ1) is 12.2. The van der Waals surface area contributed by atoms with E-state index in [-0.39, 0.29) is 5.91 Å². The Balaban J connectivity index is 1.48. The number of ether oxygens (including phenoxy) is 1. The quantitative estimate of drug-likeness (QED) is 0.735. The van der Waals surface area contributed by atoms with Crippen LogP contribution in [0.25, 0.3) is 10.9 Å². The van der Waals surface area contributed by atoms with Crippen LogP contribution in [-0.2, 0) is 11.3 Å². The van der Waals surface area contributed by atoms with Crippen molar-refractivity contribution in [2.75, 3.05) is 20.2 Å². The van der Waals surface area contributed by atoms with Crippen molar-refractivity contribution in [1.82, 2.24) is 19.0 Å². The molecule has 0 spiro atoms. The van der Waals surface area contributed by atoms with Gasteiger partial charge in [-0.15, -0.1) is 0 Å². The van der Waals surface area contributed by atoms with E-state index < -0.39 is 0 Å². The van der Waals surface area contributed by atoms with E-state index in [9.17, 15) is 4.79 Å². The summed E-state index contributed by atoms with van der Waals surface area (Å²) in [6, 6.07) is 8.28. The summed E-state index contributed by atoms with van der Waals surface area (Å²) in [5, 5.41) is 1.09. The molecule has 1 saturated heterocycles. The lowest BCUT2D eigenvalue weighted by molar-refractivity contribution is -0.133. The van der Waals surface area contributed by atoms with Crippen molar-refractivity contribution in [3.63, 3.8) is 0 Å². The maximum absolute atomic E-state index is 12.8. The van der Waals surface area contributed by atoms with E-state index in [4.69, 9.17) is 4.74 Å². The van der Waals surface area contributed by atoms with Crippen molar-refractivity contribution in [3.8, 4) is 5.75 Å². The number of imidazole rings is 1. The van der Waals surface area contributed by atoms with Crippen molar-refractivity contribution in [3.05, 3.63) is 49.2 Å². The number of benzene rings is 1. The van der Waals surface area contributed by atoms with E-state index in [1.54, 1.807) is 13.3 Å². The molecule has 0 radical (unpaired) electrons. The zero-order chi connectivity index (χ0) is 17.2. The van der Waals surface area contributed by atoms with Gasteiger partial charge in [-0.05, 0) is 37.1 Å². The van der Waals surface area contributed by atoms with E-state index in [0.717, 1.165) is 42.6 Å². The van der Waals surface area contributed by atoms with Crippen LogP contribution < -0.4 is 4.74 Å². The Morgan fingerprint density at radius 2 is 2.24 bits per heavy atom. The second-order valence-corrected chi connectivity index (χ2v) is 6.51. The molecule has 1 fully saturated rings. The van der Waals surface area contributed by atoms with E-state index in [2.05, 4.69) is 9.55 Å². The van der Waals surface area contributed by atoms with Gasteiger partial charge in [-0.25, -0.2) is 4.98 Å². The fraction of sp³-hybridized carbons (Fsp3) is 0.368. The lowest BCUT2D eigenvalue weighted by atomic mass is 10.1. The number of amides is 1. The highest BCUT2D eigenvalue weighted by molar-refractivity contribution is 5.84. The fourth-order valence-electron chi connectivity index (χ4n) is 3.60. The van der Waals surface area contributed by atoms with E-state index >= 15 is 0 Å². The minimum absolute atomic E-state index is 0.165. The van der Waals surface area contributed by atoms with Gasteiger partial charge in [0, 0.05) is 42.6 Å². The zero-order valence-corrected chi connectivity index (χ0v) is 14.3. The number of piperidine rings is 1. The third-order valence-corrected chi connectivity index (χ3v) is 4.98. The van der Waals surface area contributed by atoms with Crippen LogP contribution in [0.4, 0.5) is 0 Å². The first kappa shape index (κ1) is 15.7. The maximum Gasteiger partial charge on any atom is 0.242 e. The number of nitrogens with zero attached hydrogens (tertiary/aromatic N) is 4. The molecule has 3 heterocycles. The summed E-state index contributed by atoms with van der Waals surface area (Å²) in [6.45, 7) is 1.95. The molecule has 3 aromatic rings. The first-order valence-corrected chi connectivity index (χ1v) is 8.63. The van der Waals surface area contributed by atoms with Crippen molar-refractivity contribution in [1.29, 1.82) is 0 Å². The molecular formula is C19H22N4O2. The normalized spacial score (nSPS) is 17.8. The Morgan fingerprint density at radius 1 is 1.32 bits per heavy atom. The molecule has 1 atom stereocenters. The number of methoxy groups -OCH3 is 1. The molecule has 4 rings (SSSR count). The SMILES string of the molecule is COc1ccc2c(ccn2CC(=O)N2CCCC(n3ccnc3)C2)c1. The number of hydrogen-bond acceptors (Lipinski definition) is 3. The lowest BCUT2D eigenvalue weighted by Crippen LogP contribution is -2.42. The molecule has 6 heteroatoms. The molecule has 0 N–H and O–H groups in total. The van der Waals surface area contributed by atoms with E-state index in [1.807, 2.05) is 52.5 Å². The van der Waals surface area contributed by atoms with Crippen LogP contribution in [-0.4, -0.2) is 45.1 Å². The third kappa shape index (κ3) is 3.12. The number of aromatic nitrogens is 3. The van der Waals surface area contributed by atoms with E-state index in [0.29, 0.717) is 12.6 Å². The van der Waals surface area contributed by atoms with Crippen LogP contribution in [0.15, 0.2) is 49.2 Å². The molecular weight excluding hydrogens is 316 g/mol. The summed E-state index contributed by atoms with van der Waals surface area (Å²) in [7, 11) is 1.66. The topological polar surface area (TPSA) is 52.3 Å². The number of carbonyl (C=O) groups is 1. The highest BCUT2D eigenvalue weighted by Gasteiger charge is 2.24. The smallest absolute Gasteiger partial charge is 0.242 e. The number of likely N-dealkylation sites (tertiary alicyclic amines) is 1. The van der Waals surface area contributed by atoms with E-state index in [1.165, 1.54) is 0 Å². The molecule has 25 heavy (non-hydrogen) atoms. The van der Waals surface area contributed by atoms with Gasteiger partial charge in [0.15, 0.2) is 0 Å². The molecule has 130 valence electrons. The average Bonchev–Trinajstić information content (AvgIpc) is 3.32. The summed E-state index contributed by atoms with van der Waals surface area (Å²) in [4.78, 5) is 18.9. The predicted octanol–water partition coefficient (Wildman–Crippen LogP) is 2.71. The Kier molecular flexibility index (Phi) is 4.17. The van der Waals surface area contributed by atoms with Crippen molar-refractivity contribution < 1.29 is 9.53 Å². The number of hydrogen-bond donors (Lipinski definition) is 0. The molecule has 6 nitrogen and oxygen atoms in total. The van der Waals surface area contributed by atoms with Gasteiger partial charge in [0.1, 0.15) is 12.3 Å². The minimum Gasteiger partial charge on any atom is -0.497 e. The largest absolute Gasteiger partial charge is 0.497 e. The molecule has 1 unspecified atom stereocenters. The van der Waals surface area contributed by atoms with Crippen LogP contribution in [0.3, 0.4) is 0 Å². The molecule has 1 aliphatic heterocycles. The van der Waals surface area contributed by atoms with Gasteiger partial charge >= 0.3 is 0 Å². The summed E-state index contributed by atoms with van der Waals surface area (Å²) in [5.41, 5.74) is 1.05. The molecule has 1 aliphatic rings. The van der Waals surface area contributed by atoms with Crippen LogP contribution in [0.2, 0.25) is 0 Å². The summed E-state index contributed by atoms with van der Waals surface area (Å²) in [5.74, 6) is 0.994. The standard InChI is InChI=1S/C19H22N4O2/c1-25-17-4-5-18-15(11-17)6-9-21(18)13-19(24)22-8-2-3-16(12-22)23-10-7-20-14-23/h4-7,9-11,14,16H,2-3,8,12-13H2,1H3. The van der Waals surface area contributed by atoms with Gasteiger partial charge in [0.2, 0.25) is 5.91 Å². The monoisotopic (exact) mass is 338 g/mol. The molecule has 2 aromatic heterocycles. The average molecular weight is 338 g/mol. The van der Waals surface area contributed by atoms with Gasteiger partial charge in [-0.1, -0.05) is 0 Å². The fourth-order valence-corrected chi connectivity index (χ4v) is 3.60. The van der Waals surface area contributed by atoms with Gasteiger partial charge in [0.25, 0.3) is 0 Å². The van der Waals surface area contributed by atoms with Crippen LogP contribution in [0.1, 0.15) is 18.9 Å². The number of carbonyl (C=O) groups excluding carboxylic acids is 1. The van der Waals surface area contributed by atoms with Crippen molar-refractivity contribution in [2.24, 2.45) is 0 Å². The van der Waals surface area contributed by atoms with Gasteiger partial charge in [0.05, 0.1) is 19.5 Å². The predicted molar refractivity (Wildman–Crippen MR) is 95.6 cm³/mol. The van der Waals surface area contributed by atoms with Gasteiger partial charge < -0.3 is 18.8 Å². The number of rotatable bonds is 4. The second-order valence-electron chi connectivity index (χ2n) is 6.51. The molecule has 0 saturated carbocycles. The first-order valence-electron chi connectivity index (χ1n) is 8.63. The van der Waals surface area contributed by atoms with Crippen molar-refractivity contribution >= 4 is 16.8 Å². The molecule has 1 amide bonds. The Labute approximate surface area is 146 Å². The van der Waals surface area contributed by atoms with Gasteiger partial charge in [-0.2, -0.15) is 0 Å². The Bertz CT molecular complexity index is 869. The molecule has 1 aromatic carbocycles. The van der Waals surface area contributed by atoms with Gasteiger partial charge in [-0.3, -0.25) is 4.79 Å². The molecule has 0 aliphatic carbocycles.